The Hall–Kier alpha value is -0.340. The van der Waals surface area contributed by atoms with Gasteiger partial charge in [-0.25, -0.2) is 0 Å². The van der Waals surface area contributed by atoms with Gasteiger partial charge in [-0.15, -0.1) is 0 Å². The number of ether oxygens (including phenoxy) is 1. The molecule has 0 atom stereocenters. The summed E-state index contributed by atoms with van der Waals surface area (Å²) < 4.78 is 5.32. The maximum Gasteiger partial charge on any atom is 0.122 e. The van der Waals surface area contributed by atoms with Crippen molar-refractivity contribution in [1.82, 2.24) is 0 Å². The minimum absolute atomic E-state index is 0.802. The largest absolute Gasteiger partial charge is 0.496 e. The minimum Gasteiger partial charge on any atom is -0.496 e. The lowest BCUT2D eigenvalue weighted by molar-refractivity contribution is 0.409. The molecule has 0 fully saturated rings. The van der Waals surface area contributed by atoms with Crippen molar-refractivity contribution >= 4 is 24.2 Å². The van der Waals surface area contributed by atoms with Gasteiger partial charge in [-0.1, -0.05) is 11.6 Å². The second-order valence-corrected chi connectivity index (χ2v) is 4.11. The van der Waals surface area contributed by atoms with Crippen LogP contribution in [-0.4, -0.2) is 12.9 Å². The Morgan fingerprint density at radius 3 is 2.57 bits per heavy atom. The van der Waals surface area contributed by atoms with Crippen LogP contribution in [0.5, 0.6) is 5.75 Å². The lowest BCUT2D eigenvalue weighted by atomic mass is 10.0. The number of rotatable bonds is 3. The van der Waals surface area contributed by atoms with Crippen LogP contribution in [0.25, 0.3) is 0 Å². The van der Waals surface area contributed by atoms with Crippen molar-refractivity contribution in [2.24, 2.45) is 0 Å². The first kappa shape index (κ1) is 11.7. The normalized spacial score (nSPS) is 10.4. The Labute approximate surface area is 95.8 Å². The first-order valence-electron chi connectivity index (χ1n) is 4.55. The zero-order chi connectivity index (χ0) is 10.7. The van der Waals surface area contributed by atoms with Crippen LogP contribution in [0.15, 0.2) is 6.07 Å². The van der Waals surface area contributed by atoms with Gasteiger partial charge in [-0.2, -0.15) is 12.6 Å². The molecule has 0 saturated heterocycles. The molecule has 0 amide bonds. The molecule has 1 aromatic rings. The minimum atomic E-state index is 0.802. The van der Waals surface area contributed by atoms with Crippen molar-refractivity contribution in [1.29, 1.82) is 0 Å². The molecular formula is C11H15ClOS. The Balaban J connectivity index is 3.29. The summed E-state index contributed by atoms with van der Waals surface area (Å²) in [6.45, 7) is 4.01. The fourth-order valence-electron chi connectivity index (χ4n) is 1.56. The molecular weight excluding hydrogens is 216 g/mol. The SMILES string of the molecule is COc1cc(C)c(Cl)c(C)c1CCS. The van der Waals surface area contributed by atoms with Crippen LogP contribution in [0, 0.1) is 13.8 Å². The number of hydrogen-bond acceptors (Lipinski definition) is 2. The summed E-state index contributed by atoms with van der Waals surface area (Å²) in [6.07, 6.45) is 0.887. The van der Waals surface area contributed by atoms with Crippen LogP contribution in [0.2, 0.25) is 5.02 Å². The average molecular weight is 231 g/mol. The molecule has 0 aliphatic rings. The molecule has 14 heavy (non-hydrogen) atoms. The summed E-state index contributed by atoms with van der Waals surface area (Å²) >= 11 is 10.4. The molecule has 0 radical (unpaired) electrons. The van der Waals surface area contributed by atoms with Crippen molar-refractivity contribution in [3.63, 3.8) is 0 Å². The number of halogens is 1. The van der Waals surface area contributed by atoms with E-state index in [1.54, 1.807) is 7.11 Å². The molecule has 78 valence electrons. The number of aryl methyl sites for hydroxylation is 1. The number of methoxy groups -OCH3 is 1. The van der Waals surface area contributed by atoms with E-state index in [0.717, 1.165) is 39.6 Å². The monoisotopic (exact) mass is 230 g/mol. The van der Waals surface area contributed by atoms with Crippen LogP contribution in [0.3, 0.4) is 0 Å². The van der Waals surface area contributed by atoms with E-state index in [4.69, 9.17) is 16.3 Å². The Bertz CT molecular complexity index is 337. The molecule has 0 heterocycles. The van der Waals surface area contributed by atoms with E-state index in [-0.39, 0.29) is 0 Å². The highest BCUT2D eigenvalue weighted by Crippen LogP contribution is 2.31. The van der Waals surface area contributed by atoms with Gasteiger partial charge in [0.15, 0.2) is 0 Å². The van der Waals surface area contributed by atoms with Crippen LogP contribution in [0.4, 0.5) is 0 Å². The number of thiol groups is 1. The Morgan fingerprint density at radius 1 is 1.43 bits per heavy atom. The van der Waals surface area contributed by atoms with Crippen LogP contribution >= 0.6 is 24.2 Å². The lowest BCUT2D eigenvalue weighted by Gasteiger charge is -2.14. The van der Waals surface area contributed by atoms with E-state index in [1.807, 2.05) is 19.9 Å². The van der Waals surface area contributed by atoms with Gasteiger partial charge >= 0.3 is 0 Å². The van der Waals surface area contributed by atoms with Crippen LogP contribution in [0.1, 0.15) is 16.7 Å². The molecule has 0 aromatic heterocycles. The Kier molecular flexibility index (Phi) is 4.14. The quantitative estimate of drug-likeness (QED) is 0.783. The number of benzene rings is 1. The van der Waals surface area contributed by atoms with Gasteiger partial charge in [0.1, 0.15) is 5.75 Å². The maximum atomic E-state index is 6.17. The van der Waals surface area contributed by atoms with E-state index < -0.39 is 0 Å². The molecule has 1 nitrogen and oxygen atoms in total. The molecule has 1 aromatic carbocycles. The van der Waals surface area contributed by atoms with Crippen LogP contribution < -0.4 is 4.74 Å². The predicted molar refractivity (Wildman–Crippen MR) is 65.0 cm³/mol. The highest BCUT2D eigenvalue weighted by atomic mass is 35.5. The third-order valence-corrected chi connectivity index (χ3v) is 3.16. The van der Waals surface area contributed by atoms with Gasteiger partial charge < -0.3 is 4.74 Å². The van der Waals surface area contributed by atoms with Crippen molar-refractivity contribution in [3.05, 3.63) is 27.8 Å². The molecule has 0 aliphatic carbocycles. The fraction of sp³-hybridized carbons (Fsp3) is 0.455. The van der Waals surface area contributed by atoms with Gasteiger partial charge in [-0.3, -0.25) is 0 Å². The van der Waals surface area contributed by atoms with Crippen molar-refractivity contribution in [3.8, 4) is 5.75 Å². The molecule has 0 saturated carbocycles. The van der Waals surface area contributed by atoms with Gasteiger partial charge in [-0.05, 0) is 48.8 Å². The molecule has 0 bridgehead atoms. The summed E-state index contributed by atoms with van der Waals surface area (Å²) in [7, 11) is 1.68. The van der Waals surface area contributed by atoms with Gasteiger partial charge in [0, 0.05) is 5.02 Å². The predicted octanol–water partition coefficient (Wildman–Crippen LogP) is 3.44. The zero-order valence-electron chi connectivity index (χ0n) is 8.72. The van der Waals surface area contributed by atoms with Gasteiger partial charge in [0.05, 0.1) is 7.11 Å². The third kappa shape index (κ3) is 2.18. The topological polar surface area (TPSA) is 9.23 Å². The highest BCUT2D eigenvalue weighted by molar-refractivity contribution is 7.80. The van der Waals surface area contributed by atoms with Crippen molar-refractivity contribution < 1.29 is 4.74 Å². The smallest absolute Gasteiger partial charge is 0.122 e. The fourth-order valence-corrected chi connectivity index (χ4v) is 1.96. The average Bonchev–Trinajstić information content (AvgIpc) is 2.19. The molecule has 0 spiro atoms. The Morgan fingerprint density at radius 2 is 2.07 bits per heavy atom. The standard InChI is InChI=1S/C11H15ClOS/c1-7-6-10(13-3)9(4-5-14)8(2)11(7)12/h6,14H,4-5H2,1-3H3. The molecule has 0 N–H and O–H groups in total. The van der Waals surface area contributed by atoms with E-state index >= 15 is 0 Å². The summed E-state index contributed by atoms with van der Waals surface area (Å²) in [4.78, 5) is 0. The number of hydrogen-bond donors (Lipinski definition) is 1. The van der Waals surface area contributed by atoms with Gasteiger partial charge in [0.25, 0.3) is 0 Å². The summed E-state index contributed by atoms with van der Waals surface area (Å²) in [5, 5.41) is 0.836. The van der Waals surface area contributed by atoms with Crippen molar-refractivity contribution in [2.45, 2.75) is 20.3 Å². The third-order valence-electron chi connectivity index (χ3n) is 2.35. The lowest BCUT2D eigenvalue weighted by Crippen LogP contribution is -1.99. The first-order valence-corrected chi connectivity index (χ1v) is 5.56. The maximum absolute atomic E-state index is 6.17. The second kappa shape index (κ2) is 4.94. The van der Waals surface area contributed by atoms with Gasteiger partial charge in [0.2, 0.25) is 0 Å². The van der Waals surface area contributed by atoms with Crippen LogP contribution in [-0.2, 0) is 6.42 Å². The highest BCUT2D eigenvalue weighted by Gasteiger charge is 2.11. The van der Waals surface area contributed by atoms with E-state index in [9.17, 15) is 0 Å². The van der Waals surface area contributed by atoms with E-state index in [2.05, 4.69) is 12.6 Å². The molecule has 1 rings (SSSR count). The molecule has 0 unspecified atom stereocenters. The second-order valence-electron chi connectivity index (χ2n) is 3.29. The summed E-state index contributed by atoms with van der Waals surface area (Å²) in [5.74, 6) is 1.72. The van der Waals surface area contributed by atoms with E-state index in [1.165, 1.54) is 0 Å². The zero-order valence-corrected chi connectivity index (χ0v) is 10.4. The summed E-state index contributed by atoms with van der Waals surface area (Å²) in [5.41, 5.74) is 3.33. The molecule has 0 aliphatic heterocycles. The van der Waals surface area contributed by atoms with Crippen molar-refractivity contribution in [2.75, 3.05) is 12.9 Å². The summed E-state index contributed by atoms with van der Waals surface area (Å²) in [6, 6.07) is 1.98. The molecule has 3 heteroatoms. The van der Waals surface area contributed by atoms with E-state index in [0.29, 0.717) is 0 Å². The first-order chi connectivity index (χ1) is 6.61.